The Bertz CT molecular complexity index is 644. The number of carbonyl (C=O) groups is 1. The Kier molecular flexibility index (Phi) is 5.20. The summed E-state index contributed by atoms with van der Waals surface area (Å²) in [5.74, 6) is -0.0175. The molecule has 1 amide bonds. The van der Waals surface area contributed by atoms with Gasteiger partial charge in [-0.3, -0.25) is 9.69 Å². The predicted octanol–water partition coefficient (Wildman–Crippen LogP) is 0.300. The van der Waals surface area contributed by atoms with E-state index in [1.807, 2.05) is 39.0 Å². The molecule has 1 aromatic rings. The minimum absolute atomic E-state index is 0.0175. The van der Waals surface area contributed by atoms with Crippen molar-refractivity contribution in [2.75, 3.05) is 38.5 Å². The number of hydrogen-bond acceptors (Lipinski definition) is 5. The Balaban J connectivity index is 1.67. The number of fused-ring (bicyclic) bond motifs is 1. The van der Waals surface area contributed by atoms with Gasteiger partial charge in [-0.2, -0.15) is 0 Å². The number of rotatable bonds is 3. The largest absolute Gasteiger partial charge is 0.491 e. The first-order chi connectivity index (χ1) is 11.7. The quantitative estimate of drug-likeness (QED) is 0.772. The number of hydrogen-bond donors (Lipinski definition) is 2. The molecule has 2 aliphatic heterocycles. The van der Waals surface area contributed by atoms with Crippen molar-refractivity contribution in [2.24, 2.45) is 0 Å². The van der Waals surface area contributed by atoms with Gasteiger partial charge in [-0.15, -0.1) is 0 Å². The lowest BCUT2D eigenvalue weighted by Gasteiger charge is -2.36. The Morgan fingerprint density at radius 2 is 2.00 bits per heavy atom. The minimum Gasteiger partial charge on any atom is -0.423 e. The van der Waals surface area contributed by atoms with Crippen LogP contribution in [0.25, 0.3) is 0 Å². The molecule has 1 unspecified atom stereocenters. The Labute approximate surface area is 150 Å². The van der Waals surface area contributed by atoms with E-state index in [1.165, 1.54) is 0 Å². The molecule has 7 heteroatoms. The van der Waals surface area contributed by atoms with Gasteiger partial charge >= 0.3 is 7.12 Å². The van der Waals surface area contributed by atoms with Crippen molar-refractivity contribution in [3.8, 4) is 0 Å². The summed E-state index contributed by atoms with van der Waals surface area (Å²) in [6, 6.07) is 5.52. The van der Waals surface area contributed by atoms with Gasteiger partial charge in [-0.1, -0.05) is 6.07 Å². The van der Waals surface area contributed by atoms with Gasteiger partial charge in [-0.25, -0.2) is 0 Å². The number of anilines is 1. The van der Waals surface area contributed by atoms with Gasteiger partial charge < -0.3 is 19.9 Å². The van der Waals surface area contributed by atoms with E-state index in [0.717, 1.165) is 43.6 Å². The zero-order valence-electron chi connectivity index (χ0n) is 15.6. The molecule has 136 valence electrons. The summed E-state index contributed by atoms with van der Waals surface area (Å²) in [6.45, 7) is 9.64. The highest BCUT2D eigenvalue weighted by atomic mass is 16.5. The molecule has 2 aliphatic rings. The third kappa shape index (κ3) is 4.23. The fraction of sp³-hybridized carbons (Fsp3) is 0.611. The van der Waals surface area contributed by atoms with Crippen LogP contribution in [0.3, 0.4) is 0 Å². The van der Waals surface area contributed by atoms with Crippen LogP contribution >= 0.6 is 0 Å². The van der Waals surface area contributed by atoms with Crippen molar-refractivity contribution in [1.29, 1.82) is 0 Å². The summed E-state index contributed by atoms with van der Waals surface area (Å²) in [6.07, 6.45) is 0.741. The van der Waals surface area contributed by atoms with Crippen molar-refractivity contribution in [1.82, 2.24) is 9.80 Å². The maximum Gasteiger partial charge on any atom is 0.491 e. The Hall–Kier alpha value is -1.41. The summed E-state index contributed by atoms with van der Waals surface area (Å²) >= 11 is 0. The van der Waals surface area contributed by atoms with Gasteiger partial charge in [0.25, 0.3) is 0 Å². The molecule has 25 heavy (non-hydrogen) atoms. The van der Waals surface area contributed by atoms with E-state index in [2.05, 4.69) is 22.2 Å². The molecule has 1 atom stereocenters. The highest BCUT2D eigenvalue weighted by Gasteiger charge is 2.35. The highest BCUT2D eigenvalue weighted by molar-refractivity contribution is 6.61. The number of carbonyl (C=O) groups excluding carboxylic acids is 1. The predicted molar refractivity (Wildman–Crippen MR) is 100 cm³/mol. The maximum atomic E-state index is 12.6. The molecule has 1 saturated heterocycles. The van der Waals surface area contributed by atoms with Crippen LogP contribution in [0.4, 0.5) is 5.69 Å². The minimum atomic E-state index is -0.953. The van der Waals surface area contributed by atoms with Gasteiger partial charge in [0.1, 0.15) is 0 Å². The molecule has 0 spiro atoms. The van der Waals surface area contributed by atoms with Gasteiger partial charge in [0.05, 0.1) is 11.6 Å². The average molecular weight is 345 g/mol. The second kappa shape index (κ2) is 7.07. The van der Waals surface area contributed by atoms with Crippen LogP contribution in [-0.2, 0) is 15.9 Å². The Morgan fingerprint density at radius 3 is 2.68 bits per heavy atom. The number of nitrogens with zero attached hydrogens (tertiary/aromatic N) is 2. The molecule has 3 rings (SSSR count). The van der Waals surface area contributed by atoms with Crippen LogP contribution < -0.4 is 10.8 Å². The van der Waals surface area contributed by atoms with Crippen molar-refractivity contribution in [3.05, 3.63) is 23.8 Å². The molecule has 2 N–H and O–H groups in total. The third-order valence-corrected chi connectivity index (χ3v) is 5.19. The van der Waals surface area contributed by atoms with E-state index in [0.29, 0.717) is 5.69 Å². The zero-order valence-corrected chi connectivity index (χ0v) is 15.6. The molecular weight excluding hydrogens is 317 g/mol. The number of benzene rings is 1. The average Bonchev–Trinajstić information content (AvgIpc) is 2.54. The summed E-state index contributed by atoms with van der Waals surface area (Å²) in [7, 11) is 1.15. The molecule has 1 aromatic carbocycles. The fourth-order valence-electron chi connectivity index (χ4n) is 3.55. The molecule has 0 aromatic heterocycles. The molecule has 2 heterocycles. The number of piperazine rings is 1. The van der Waals surface area contributed by atoms with E-state index in [-0.39, 0.29) is 17.6 Å². The molecule has 0 saturated carbocycles. The molecule has 0 bridgehead atoms. The van der Waals surface area contributed by atoms with Crippen LogP contribution in [0, 0.1) is 0 Å². The zero-order chi connectivity index (χ0) is 18.2. The summed E-state index contributed by atoms with van der Waals surface area (Å²) in [4.78, 5) is 17.1. The standard InChI is InChI=1S/C18H28BN3O3/c1-13(22-9-7-21(4)8-10-22)17(23)20-15-6-5-14-12-18(2,3)25-19(24)16(14)11-15/h5-6,11,13,24H,7-10,12H2,1-4H3,(H,20,23). The lowest BCUT2D eigenvalue weighted by Crippen LogP contribution is -2.52. The van der Waals surface area contributed by atoms with E-state index >= 15 is 0 Å². The molecule has 1 fully saturated rings. The first-order valence-corrected chi connectivity index (χ1v) is 8.97. The smallest absolute Gasteiger partial charge is 0.423 e. The van der Waals surface area contributed by atoms with Gasteiger partial charge in [-0.05, 0) is 57.4 Å². The van der Waals surface area contributed by atoms with E-state index < -0.39 is 7.12 Å². The first-order valence-electron chi connectivity index (χ1n) is 8.97. The third-order valence-electron chi connectivity index (χ3n) is 5.19. The van der Waals surface area contributed by atoms with Gasteiger partial charge in [0.15, 0.2) is 0 Å². The van der Waals surface area contributed by atoms with Crippen LogP contribution in [0.5, 0.6) is 0 Å². The van der Waals surface area contributed by atoms with Gasteiger partial charge in [0.2, 0.25) is 5.91 Å². The SMILES string of the molecule is CC(C(=O)Nc1ccc2c(c1)B(O)OC(C)(C)C2)N1CCN(C)CC1. The highest BCUT2D eigenvalue weighted by Crippen LogP contribution is 2.23. The topological polar surface area (TPSA) is 65.0 Å². The van der Waals surface area contributed by atoms with Crippen molar-refractivity contribution in [3.63, 3.8) is 0 Å². The monoisotopic (exact) mass is 345 g/mol. The lowest BCUT2D eigenvalue weighted by molar-refractivity contribution is -0.121. The molecular formula is C18H28BN3O3. The van der Waals surface area contributed by atoms with Crippen LogP contribution in [-0.4, -0.2) is 72.7 Å². The summed E-state index contributed by atoms with van der Waals surface area (Å²) < 4.78 is 5.64. The molecule has 0 aliphatic carbocycles. The van der Waals surface area contributed by atoms with Crippen molar-refractivity contribution >= 4 is 24.2 Å². The number of nitrogens with one attached hydrogen (secondary N) is 1. The second-order valence-electron chi connectivity index (χ2n) is 7.82. The fourth-order valence-corrected chi connectivity index (χ4v) is 3.55. The Morgan fingerprint density at radius 1 is 1.32 bits per heavy atom. The summed E-state index contributed by atoms with van der Waals surface area (Å²) in [5, 5.41) is 13.2. The van der Waals surface area contributed by atoms with E-state index in [9.17, 15) is 9.82 Å². The first kappa shape index (κ1) is 18.4. The maximum absolute atomic E-state index is 12.6. The van der Waals surface area contributed by atoms with Crippen molar-refractivity contribution in [2.45, 2.75) is 38.8 Å². The number of amides is 1. The molecule has 0 radical (unpaired) electrons. The van der Waals surface area contributed by atoms with E-state index in [1.54, 1.807) is 0 Å². The van der Waals surface area contributed by atoms with Gasteiger partial charge in [0, 0.05) is 31.9 Å². The van der Waals surface area contributed by atoms with Crippen LogP contribution in [0.15, 0.2) is 18.2 Å². The molecule has 6 nitrogen and oxygen atoms in total. The number of likely N-dealkylation sites (N-methyl/N-ethyl adjacent to an activating group) is 1. The lowest BCUT2D eigenvalue weighted by atomic mass is 9.70. The van der Waals surface area contributed by atoms with E-state index in [4.69, 9.17) is 4.65 Å². The van der Waals surface area contributed by atoms with Crippen LogP contribution in [0.2, 0.25) is 0 Å². The summed E-state index contributed by atoms with van der Waals surface area (Å²) in [5.41, 5.74) is 2.12. The normalized spacial score (nSPS) is 22.4. The van der Waals surface area contributed by atoms with Crippen LogP contribution in [0.1, 0.15) is 26.3 Å². The second-order valence-corrected chi connectivity index (χ2v) is 7.82. The van der Waals surface area contributed by atoms with Crippen molar-refractivity contribution < 1.29 is 14.5 Å².